The Kier molecular flexibility index (Phi) is 4.80. The molecule has 0 unspecified atom stereocenters. The number of rotatable bonds is 4. The van der Waals surface area contributed by atoms with Gasteiger partial charge in [0.05, 0.1) is 5.41 Å². The van der Waals surface area contributed by atoms with Crippen LogP contribution in [0.1, 0.15) is 18.4 Å². The highest BCUT2D eigenvalue weighted by atomic mass is 35.5. The smallest absolute Gasteiger partial charge is 0.313 e. The SMILES string of the molecule is NCC1(C(=O)OCc2ccc(Cl)cc2)CCOCC1. The van der Waals surface area contributed by atoms with Gasteiger partial charge in [-0.05, 0) is 30.5 Å². The number of hydrogen-bond donors (Lipinski definition) is 1. The minimum absolute atomic E-state index is 0.228. The maximum absolute atomic E-state index is 12.2. The van der Waals surface area contributed by atoms with E-state index in [4.69, 9.17) is 26.8 Å². The van der Waals surface area contributed by atoms with Crippen LogP contribution < -0.4 is 5.73 Å². The molecule has 5 heteroatoms. The third-order valence-corrected chi connectivity index (χ3v) is 3.81. The molecule has 0 aromatic heterocycles. The van der Waals surface area contributed by atoms with E-state index in [-0.39, 0.29) is 12.6 Å². The first-order chi connectivity index (χ1) is 9.16. The number of benzene rings is 1. The third kappa shape index (κ3) is 3.47. The van der Waals surface area contributed by atoms with E-state index in [0.29, 0.717) is 37.6 Å². The predicted molar refractivity (Wildman–Crippen MR) is 72.8 cm³/mol. The molecule has 1 aromatic carbocycles. The molecule has 1 aliphatic heterocycles. The summed E-state index contributed by atoms with van der Waals surface area (Å²) in [6.07, 6.45) is 1.26. The van der Waals surface area contributed by atoms with E-state index in [0.717, 1.165) is 5.56 Å². The van der Waals surface area contributed by atoms with Crippen molar-refractivity contribution in [2.75, 3.05) is 19.8 Å². The van der Waals surface area contributed by atoms with E-state index < -0.39 is 5.41 Å². The van der Waals surface area contributed by atoms with Crippen molar-refractivity contribution < 1.29 is 14.3 Å². The maximum atomic E-state index is 12.2. The molecule has 0 bridgehead atoms. The quantitative estimate of drug-likeness (QED) is 0.860. The summed E-state index contributed by atoms with van der Waals surface area (Å²) in [5.74, 6) is -0.228. The lowest BCUT2D eigenvalue weighted by atomic mass is 9.80. The fourth-order valence-electron chi connectivity index (χ4n) is 2.14. The van der Waals surface area contributed by atoms with Crippen molar-refractivity contribution in [3.8, 4) is 0 Å². The molecule has 0 spiro atoms. The molecule has 0 amide bonds. The zero-order valence-electron chi connectivity index (χ0n) is 10.7. The lowest BCUT2D eigenvalue weighted by molar-refractivity contribution is -0.162. The summed E-state index contributed by atoms with van der Waals surface area (Å²) in [5.41, 5.74) is 6.09. The Morgan fingerprint density at radius 1 is 1.32 bits per heavy atom. The van der Waals surface area contributed by atoms with Gasteiger partial charge in [-0.3, -0.25) is 4.79 Å². The first-order valence-electron chi connectivity index (χ1n) is 6.36. The van der Waals surface area contributed by atoms with Gasteiger partial charge >= 0.3 is 5.97 Å². The average molecular weight is 284 g/mol. The highest BCUT2D eigenvalue weighted by molar-refractivity contribution is 6.30. The highest BCUT2D eigenvalue weighted by Crippen LogP contribution is 2.31. The molecular formula is C14H18ClNO3. The fraction of sp³-hybridized carbons (Fsp3) is 0.500. The van der Waals surface area contributed by atoms with Crippen molar-refractivity contribution in [1.29, 1.82) is 0 Å². The van der Waals surface area contributed by atoms with Gasteiger partial charge in [-0.1, -0.05) is 23.7 Å². The Balaban J connectivity index is 1.94. The Morgan fingerprint density at radius 2 is 1.95 bits per heavy atom. The molecule has 0 saturated carbocycles. The highest BCUT2D eigenvalue weighted by Gasteiger charge is 2.40. The molecule has 1 saturated heterocycles. The molecule has 19 heavy (non-hydrogen) atoms. The Morgan fingerprint density at radius 3 is 2.53 bits per heavy atom. The molecule has 0 radical (unpaired) electrons. The van der Waals surface area contributed by atoms with Crippen molar-refractivity contribution in [3.63, 3.8) is 0 Å². The largest absolute Gasteiger partial charge is 0.460 e. The first kappa shape index (κ1) is 14.3. The van der Waals surface area contributed by atoms with Crippen LogP contribution in [-0.4, -0.2) is 25.7 Å². The normalized spacial score (nSPS) is 18.0. The van der Waals surface area contributed by atoms with Crippen LogP contribution in [0, 0.1) is 5.41 Å². The molecule has 1 heterocycles. The van der Waals surface area contributed by atoms with Crippen LogP contribution >= 0.6 is 11.6 Å². The topological polar surface area (TPSA) is 61.6 Å². The second-order valence-corrected chi connectivity index (χ2v) is 5.24. The summed E-state index contributed by atoms with van der Waals surface area (Å²) < 4.78 is 10.7. The van der Waals surface area contributed by atoms with Crippen LogP contribution in [0.25, 0.3) is 0 Å². The summed E-state index contributed by atoms with van der Waals surface area (Å²) in [6, 6.07) is 7.24. The molecule has 1 aromatic rings. The summed E-state index contributed by atoms with van der Waals surface area (Å²) in [6.45, 7) is 1.68. The predicted octanol–water partition coefficient (Wildman–Crippen LogP) is 2.14. The minimum Gasteiger partial charge on any atom is -0.460 e. The molecule has 2 rings (SSSR count). The van der Waals surface area contributed by atoms with Crippen LogP contribution in [0.2, 0.25) is 5.02 Å². The standard InChI is InChI=1S/C14H18ClNO3/c15-12-3-1-11(2-4-12)9-19-13(17)14(10-16)5-7-18-8-6-14/h1-4H,5-10,16H2. The van der Waals surface area contributed by atoms with E-state index in [2.05, 4.69) is 0 Å². The monoisotopic (exact) mass is 283 g/mol. The number of carbonyl (C=O) groups excluding carboxylic acids is 1. The number of esters is 1. The first-order valence-corrected chi connectivity index (χ1v) is 6.74. The Hall–Kier alpha value is -1.10. The fourth-order valence-corrected chi connectivity index (χ4v) is 2.26. The lowest BCUT2D eigenvalue weighted by Gasteiger charge is -2.33. The van der Waals surface area contributed by atoms with Gasteiger partial charge < -0.3 is 15.2 Å². The maximum Gasteiger partial charge on any atom is 0.313 e. The van der Waals surface area contributed by atoms with E-state index in [1.807, 2.05) is 12.1 Å². The number of hydrogen-bond acceptors (Lipinski definition) is 4. The zero-order valence-corrected chi connectivity index (χ0v) is 11.5. The molecule has 0 atom stereocenters. The van der Waals surface area contributed by atoms with Crippen molar-refractivity contribution >= 4 is 17.6 Å². The molecule has 0 aliphatic carbocycles. The average Bonchev–Trinajstić information content (AvgIpc) is 2.47. The molecule has 104 valence electrons. The van der Waals surface area contributed by atoms with Gasteiger partial charge in [0.1, 0.15) is 6.61 Å². The minimum atomic E-state index is -0.579. The van der Waals surface area contributed by atoms with E-state index in [9.17, 15) is 4.79 Å². The number of halogens is 1. The van der Waals surface area contributed by atoms with Crippen molar-refractivity contribution in [2.45, 2.75) is 19.4 Å². The second-order valence-electron chi connectivity index (χ2n) is 4.80. The van der Waals surface area contributed by atoms with Gasteiger partial charge in [0.25, 0.3) is 0 Å². The van der Waals surface area contributed by atoms with Crippen LogP contribution in [0.4, 0.5) is 0 Å². The van der Waals surface area contributed by atoms with Crippen LogP contribution in [0.5, 0.6) is 0 Å². The third-order valence-electron chi connectivity index (χ3n) is 3.56. The van der Waals surface area contributed by atoms with E-state index in [1.165, 1.54) is 0 Å². The van der Waals surface area contributed by atoms with Gasteiger partial charge in [0.15, 0.2) is 0 Å². The van der Waals surface area contributed by atoms with Crippen molar-refractivity contribution in [2.24, 2.45) is 11.1 Å². The second kappa shape index (κ2) is 6.37. The summed E-state index contributed by atoms with van der Waals surface area (Å²) in [7, 11) is 0. The lowest BCUT2D eigenvalue weighted by Crippen LogP contribution is -2.44. The van der Waals surface area contributed by atoms with Crippen LogP contribution in [0.3, 0.4) is 0 Å². The molecule has 2 N–H and O–H groups in total. The number of nitrogens with two attached hydrogens (primary N) is 1. The van der Waals surface area contributed by atoms with Crippen molar-refractivity contribution in [3.05, 3.63) is 34.9 Å². The van der Waals surface area contributed by atoms with Gasteiger partial charge in [0.2, 0.25) is 0 Å². The van der Waals surface area contributed by atoms with Gasteiger partial charge in [-0.25, -0.2) is 0 Å². The van der Waals surface area contributed by atoms with Gasteiger partial charge in [-0.2, -0.15) is 0 Å². The molecule has 1 fully saturated rings. The molecule has 4 nitrogen and oxygen atoms in total. The van der Waals surface area contributed by atoms with E-state index >= 15 is 0 Å². The zero-order chi connectivity index (χ0) is 13.7. The van der Waals surface area contributed by atoms with Crippen LogP contribution in [0.15, 0.2) is 24.3 Å². The van der Waals surface area contributed by atoms with Gasteiger partial charge in [0, 0.05) is 24.8 Å². The van der Waals surface area contributed by atoms with Crippen LogP contribution in [-0.2, 0) is 20.9 Å². The number of carbonyl (C=O) groups is 1. The summed E-state index contributed by atoms with van der Waals surface area (Å²) in [5, 5.41) is 0.665. The molecular weight excluding hydrogens is 266 g/mol. The Labute approximate surface area is 117 Å². The number of ether oxygens (including phenoxy) is 2. The Bertz CT molecular complexity index is 427. The van der Waals surface area contributed by atoms with E-state index in [1.54, 1.807) is 12.1 Å². The van der Waals surface area contributed by atoms with Crippen molar-refractivity contribution in [1.82, 2.24) is 0 Å². The van der Waals surface area contributed by atoms with Gasteiger partial charge in [-0.15, -0.1) is 0 Å². The summed E-state index contributed by atoms with van der Waals surface area (Å²) >= 11 is 5.80. The molecule has 1 aliphatic rings. The summed E-state index contributed by atoms with van der Waals surface area (Å²) in [4.78, 5) is 12.2.